The van der Waals surface area contributed by atoms with E-state index in [-0.39, 0.29) is 5.91 Å². The van der Waals surface area contributed by atoms with Gasteiger partial charge in [-0.05, 0) is 46.5 Å². The molecule has 0 bridgehead atoms. The van der Waals surface area contributed by atoms with Gasteiger partial charge in [0.15, 0.2) is 5.60 Å². The molecule has 2 heterocycles. The Kier molecular flexibility index (Phi) is 6.83. The fourth-order valence-corrected chi connectivity index (χ4v) is 4.22. The lowest BCUT2D eigenvalue weighted by atomic mass is 9.90. The largest absolute Gasteiger partial charge is 0.497 e. The fraction of sp³-hybridized carbons (Fsp3) is 0.308. The van der Waals surface area contributed by atoms with E-state index in [9.17, 15) is 4.79 Å². The Balaban J connectivity index is 1.50. The first-order valence-corrected chi connectivity index (χ1v) is 10.8. The van der Waals surface area contributed by atoms with Gasteiger partial charge in [-0.25, -0.2) is 0 Å². The van der Waals surface area contributed by atoms with Gasteiger partial charge >= 0.3 is 0 Å². The number of likely N-dealkylation sites (N-methyl/N-ethyl adjacent to an activating group) is 1. The number of morpholine rings is 1. The zero-order valence-corrected chi connectivity index (χ0v) is 18.6. The van der Waals surface area contributed by atoms with Crippen molar-refractivity contribution in [2.24, 2.45) is 0 Å². The highest BCUT2D eigenvalue weighted by Crippen LogP contribution is 2.27. The van der Waals surface area contributed by atoms with Crippen LogP contribution in [0, 0.1) is 0 Å². The molecule has 3 aromatic rings. The second kappa shape index (κ2) is 9.94. The SMILES string of the molecule is CNC(=O)C1(Cc2ccc(-c3ccncc3)cc2)CN(Cc2ccc(OC)cc2)CCO1. The van der Waals surface area contributed by atoms with Crippen molar-refractivity contribution in [3.05, 3.63) is 84.2 Å². The maximum absolute atomic E-state index is 13.0. The van der Waals surface area contributed by atoms with Gasteiger partial charge in [0.1, 0.15) is 5.75 Å². The van der Waals surface area contributed by atoms with Crippen molar-refractivity contribution in [3.8, 4) is 16.9 Å². The molecule has 2 aromatic carbocycles. The van der Waals surface area contributed by atoms with Gasteiger partial charge in [0, 0.05) is 45.5 Å². The highest BCUT2D eigenvalue weighted by atomic mass is 16.5. The van der Waals surface area contributed by atoms with E-state index in [0.29, 0.717) is 19.6 Å². The van der Waals surface area contributed by atoms with Gasteiger partial charge in [-0.3, -0.25) is 14.7 Å². The number of carbonyl (C=O) groups excluding carboxylic acids is 1. The summed E-state index contributed by atoms with van der Waals surface area (Å²) in [6, 6.07) is 20.4. The Morgan fingerprint density at radius 1 is 1.03 bits per heavy atom. The molecule has 6 nitrogen and oxygen atoms in total. The standard InChI is InChI=1S/C26H29N3O3/c1-27-25(30)26(17-20-3-7-22(8-4-20)23-11-13-28-14-12-23)19-29(15-16-32-26)18-21-5-9-24(31-2)10-6-21/h3-14H,15-19H2,1-2H3,(H,27,30). The first-order valence-electron chi connectivity index (χ1n) is 10.8. The minimum Gasteiger partial charge on any atom is -0.497 e. The van der Waals surface area contributed by atoms with Crippen LogP contribution in [0.4, 0.5) is 0 Å². The van der Waals surface area contributed by atoms with E-state index >= 15 is 0 Å². The first kappa shape index (κ1) is 22.0. The number of hydrogen-bond donors (Lipinski definition) is 1. The van der Waals surface area contributed by atoms with Crippen molar-refractivity contribution < 1.29 is 14.3 Å². The smallest absolute Gasteiger partial charge is 0.253 e. The summed E-state index contributed by atoms with van der Waals surface area (Å²) in [6.07, 6.45) is 4.09. The number of amides is 1. The number of aromatic nitrogens is 1. The lowest BCUT2D eigenvalue weighted by Gasteiger charge is -2.41. The van der Waals surface area contributed by atoms with E-state index in [4.69, 9.17) is 9.47 Å². The second-order valence-corrected chi connectivity index (χ2v) is 8.09. The summed E-state index contributed by atoms with van der Waals surface area (Å²) in [6.45, 7) is 2.59. The lowest BCUT2D eigenvalue weighted by Crippen LogP contribution is -2.60. The monoisotopic (exact) mass is 431 g/mol. The molecule has 1 fully saturated rings. The molecule has 1 aliphatic rings. The number of ether oxygens (including phenoxy) is 2. The molecular weight excluding hydrogens is 402 g/mol. The minimum atomic E-state index is -0.919. The molecule has 0 saturated carbocycles. The molecule has 0 radical (unpaired) electrons. The third-order valence-corrected chi connectivity index (χ3v) is 5.93. The van der Waals surface area contributed by atoms with Crippen molar-refractivity contribution in [3.63, 3.8) is 0 Å². The lowest BCUT2D eigenvalue weighted by molar-refractivity contribution is -0.160. The molecule has 1 aromatic heterocycles. The Hall–Kier alpha value is -3.22. The maximum Gasteiger partial charge on any atom is 0.253 e. The fourth-order valence-electron chi connectivity index (χ4n) is 4.22. The van der Waals surface area contributed by atoms with Crippen molar-refractivity contribution in [2.75, 3.05) is 33.9 Å². The van der Waals surface area contributed by atoms with Crippen molar-refractivity contribution in [1.82, 2.24) is 15.2 Å². The summed E-state index contributed by atoms with van der Waals surface area (Å²) >= 11 is 0. The molecule has 0 spiro atoms. The van der Waals surface area contributed by atoms with Crippen LogP contribution >= 0.6 is 0 Å². The number of rotatable bonds is 7. The molecule has 1 amide bonds. The van der Waals surface area contributed by atoms with Crippen LogP contribution in [0.25, 0.3) is 11.1 Å². The van der Waals surface area contributed by atoms with Crippen molar-refractivity contribution in [1.29, 1.82) is 0 Å². The van der Waals surface area contributed by atoms with Crippen molar-refractivity contribution >= 4 is 5.91 Å². The molecule has 0 aliphatic carbocycles. The number of methoxy groups -OCH3 is 1. The van der Waals surface area contributed by atoms with Gasteiger partial charge in [0.05, 0.1) is 13.7 Å². The summed E-state index contributed by atoms with van der Waals surface area (Å²) < 4.78 is 11.4. The maximum atomic E-state index is 13.0. The van der Waals surface area contributed by atoms with Crippen LogP contribution in [0.3, 0.4) is 0 Å². The summed E-state index contributed by atoms with van der Waals surface area (Å²) in [5, 5.41) is 2.82. The molecule has 6 heteroatoms. The van der Waals surface area contributed by atoms with Crippen LogP contribution in [-0.4, -0.2) is 55.2 Å². The zero-order valence-electron chi connectivity index (χ0n) is 18.6. The van der Waals surface area contributed by atoms with E-state index in [0.717, 1.165) is 35.5 Å². The average Bonchev–Trinajstić information content (AvgIpc) is 2.85. The van der Waals surface area contributed by atoms with E-state index in [2.05, 4.69) is 51.6 Å². The number of nitrogens with one attached hydrogen (secondary N) is 1. The van der Waals surface area contributed by atoms with Crippen LogP contribution in [0.1, 0.15) is 11.1 Å². The van der Waals surface area contributed by atoms with E-state index in [1.807, 2.05) is 24.3 Å². The Bertz CT molecular complexity index is 1020. The molecule has 1 unspecified atom stereocenters. The van der Waals surface area contributed by atoms with Gasteiger partial charge in [-0.15, -0.1) is 0 Å². The zero-order chi connectivity index (χ0) is 22.4. The number of hydrogen-bond acceptors (Lipinski definition) is 5. The summed E-state index contributed by atoms with van der Waals surface area (Å²) in [5.74, 6) is 0.751. The third kappa shape index (κ3) is 4.98. The molecule has 1 aliphatic heterocycles. The molecule has 4 rings (SSSR count). The normalized spacial score (nSPS) is 18.8. The Labute approximate surface area is 189 Å². The predicted molar refractivity (Wildman–Crippen MR) is 124 cm³/mol. The van der Waals surface area contributed by atoms with Crippen LogP contribution in [0.2, 0.25) is 0 Å². The number of pyridine rings is 1. The second-order valence-electron chi connectivity index (χ2n) is 8.09. The number of carbonyl (C=O) groups is 1. The van der Waals surface area contributed by atoms with E-state index in [1.165, 1.54) is 5.56 Å². The van der Waals surface area contributed by atoms with Gasteiger partial charge in [0.25, 0.3) is 5.91 Å². The summed E-state index contributed by atoms with van der Waals surface area (Å²) in [5.41, 5.74) is 3.57. The van der Waals surface area contributed by atoms with Crippen LogP contribution in [-0.2, 0) is 22.5 Å². The average molecular weight is 432 g/mol. The van der Waals surface area contributed by atoms with Gasteiger partial charge in [-0.2, -0.15) is 0 Å². The van der Waals surface area contributed by atoms with Crippen LogP contribution < -0.4 is 10.1 Å². The molecule has 166 valence electrons. The van der Waals surface area contributed by atoms with E-state index in [1.54, 1.807) is 26.6 Å². The van der Waals surface area contributed by atoms with Gasteiger partial charge < -0.3 is 14.8 Å². The molecule has 1 atom stereocenters. The highest BCUT2D eigenvalue weighted by molar-refractivity contribution is 5.86. The third-order valence-electron chi connectivity index (χ3n) is 5.93. The topological polar surface area (TPSA) is 63.7 Å². The molecular formula is C26H29N3O3. The molecule has 32 heavy (non-hydrogen) atoms. The number of nitrogens with zero attached hydrogens (tertiary/aromatic N) is 2. The Morgan fingerprint density at radius 3 is 2.34 bits per heavy atom. The molecule has 1 N–H and O–H groups in total. The quantitative estimate of drug-likeness (QED) is 0.622. The van der Waals surface area contributed by atoms with Gasteiger partial charge in [-0.1, -0.05) is 36.4 Å². The Morgan fingerprint density at radius 2 is 1.69 bits per heavy atom. The van der Waals surface area contributed by atoms with Gasteiger partial charge in [0.2, 0.25) is 0 Å². The predicted octanol–water partition coefficient (Wildman–Crippen LogP) is 3.32. The summed E-state index contributed by atoms with van der Waals surface area (Å²) in [4.78, 5) is 19.3. The first-order chi connectivity index (χ1) is 15.6. The minimum absolute atomic E-state index is 0.0878. The van der Waals surface area contributed by atoms with Crippen molar-refractivity contribution in [2.45, 2.75) is 18.6 Å². The number of benzene rings is 2. The van der Waals surface area contributed by atoms with E-state index < -0.39 is 5.60 Å². The summed E-state index contributed by atoms with van der Waals surface area (Å²) in [7, 11) is 3.33. The highest BCUT2D eigenvalue weighted by Gasteiger charge is 2.43. The van der Waals surface area contributed by atoms with Crippen LogP contribution in [0.15, 0.2) is 73.1 Å². The van der Waals surface area contributed by atoms with Crippen LogP contribution in [0.5, 0.6) is 5.75 Å². The molecule has 1 saturated heterocycles.